The summed E-state index contributed by atoms with van der Waals surface area (Å²) in [5.41, 5.74) is 0.602. The molecule has 104 valence electrons. The molecule has 0 unspecified atom stereocenters. The fourth-order valence-electron chi connectivity index (χ4n) is 4.14. The second-order valence-corrected chi connectivity index (χ2v) is 6.30. The summed E-state index contributed by atoms with van der Waals surface area (Å²) in [5, 5.41) is 3.37. The van der Waals surface area contributed by atoms with E-state index in [1.165, 1.54) is 0 Å². The molecule has 1 saturated heterocycles. The lowest BCUT2D eigenvalue weighted by molar-refractivity contribution is -0.145. The minimum atomic E-state index is -0.262. The van der Waals surface area contributed by atoms with E-state index in [0.29, 0.717) is 10.7 Å². The van der Waals surface area contributed by atoms with Crippen LogP contribution in [0.1, 0.15) is 12.8 Å². The molecule has 4 rings (SSSR count). The van der Waals surface area contributed by atoms with Crippen LogP contribution in [-0.2, 0) is 14.3 Å². The Morgan fingerprint density at radius 1 is 1.30 bits per heavy atom. The van der Waals surface area contributed by atoms with Crippen LogP contribution in [0, 0.1) is 23.7 Å². The lowest BCUT2D eigenvalue weighted by atomic mass is 9.79. The molecule has 5 heteroatoms. The van der Waals surface area contributed by atoms with Crippen LogP contribution in [0.25, 0.3) is 0 Å². The molecule has 1 heterocycles. The van der Waals surface area contributed by atoms with E-state index in [0.717, 1.165) is 12.8 Å². The maximum Gasteiger partial charge on any atom is 0.310 e. The summed E-state index contributed by atoms with van der Waals surface area (Å²) in [5.74, 6) is -0.297. The molecule has 1 N–H and O–H groups in total. The highest BCUT2D eigenvalue weighted by Crippen LogP contribution is 2.57. The van der Waals surface area contributed by atoms with Gasteiger partial charge in [0.1, 0.15) is 6.10 Å². The summed E-state index contributed by atoms with van der Waals surface area (Å²) in [6, 6.07) is 7.14. The Balaban J connectivity index is 1.58. The van der Waals surface area contributed by atoms with Crippen LogP contribution < -0.4 is 5.32 Å². The van der Waals surface area contributed by atoms with Crippen LogP contribution >= 0.6 is 11.6 Å². The number of nitrogens with one attached hydrogen (secondary N) is 1. The van der Waals surface area contributed by atoms with Gasteiger partial charge in [-0.15, -0.1) is 0 Å². The fraction of sp³-hybridized carbons (Fsp3) is 0.467. The highest BCUT2D eigenvalue weighted by atomic mass is 35.5. The smallest absolute Gasteiger partial charge is 0.310 e. The molecule has 3 fully saturated rings. The predicted molar refractivity (Wildman–Crippen MR) is 73.2 cm³/mol. The molecule has 1 amide bonds. The van der Waals surface area contributed by atoms with Crippen molar-refractivity contribution in [2.75, 3.05) is 5.32 Å². The molecule has 0 radical (unpaired) electrons. The second kappa shape index (κ2) is 4.22. The molecule has 2 saturated carbocycles. The van der Waals surface area contributed by atoms with Crippen molar-refractivity contribution in [2.45, 2.75) is 18.9 Å². The van der Waals surface area contributed by atoms with Gasteiger partial charge in [0.2, 0.25) is 5.91 Å². The van der Waals surface area contributed by atoms with Crippen molar-refractivity contribution in [3.8, 4) is 0 Å². The average molecular weight is 292 g/mol. The van der Waals surface area contributed by atoms with Gasteiger partial charge in [-0.1, -0.05) is 23.7 Å². The van der Waals surface area contributed by atoms with Crippen molar-refractivity contribution in [3.63, 3.8) is 0 Å². The van der Waals surface area contributed by atoms with Crippen molar-refractivity contribution < 1.29 is 14.3 Å². The number of halogens is 1. The highest BCUT2D eigenvalue weighted by Gasteiger charge is 2.63. The standard InChI is InChI=1S/C15H14ClNO3/c16-9-3-1-2-4-10(9)17-14(18)12-7-5-8-11(6-7)20-15(19)13(8)12/h1-4,7-8,11-13H,5-6H2,(H,17,18)/t7-,8+,11+,12-,13+/m1/s1. The van der Waals surface area contributed by atoms with Crippen molar-refractivity contribution in [1.82, 2.24) is 0 Å². The molecule has 5 atom stereocenters. The first kappa shape index (κ1) is 12.2. The van der Waals surface area contributed by atoms with Gasteiger partial charge in [0, 0.05) is 5.92 Å². The second-order valence-electron chi connectivity index (χ2n) is 5.89. The number of esters is 1. The first-order valence-electron chi connectivity index (χ1n) is 6.91. The van der Waals surface area contributed by atoms with Crippen molar-refractivity contribution >= 4 is 29.2 Å². The third kappa shape index (κ3) is 1.61. The van der Waals surface area contributed by atoms with E-state index in [-0.39, 0.29) is 41.7 Å². The molecule has 2 bridgehead atoms. The monoisotopic (exact) mass is 291 g/mol. The third-order valence-corrected chi connectivity index (χ3v) is 5.25. The van der Waals surface area contributed by atoms with E-state index in [2.05, 4.69) is 5.32 Å². The third-order valence-electron chi connectivity index (χ3n) is 4.92. The Hall–Kier alpha value is -1.55. The van der Waals surface area contributed by atoms with Gasteiger partial charge in [-0.05, 0) is 30.9 Å². The maximum absolute atomic E-state index is 12.5. The molecule has 20 heavy (non-hydrogen) atoms. The zero-order valence-electron chi connectivity index (χ0n) is 10.7. The molecule has 0 aromatic heterocycles. The molecule has 1 aliphatic heterocycles. The molecular weight excluding hydrogens is 278 g/mol. The maximum atomic E-state index is 12.5. The lowest BCUT2D eigenvalue weighted by Gasteiger charge is -2.23. The van der Waals surface area contributed by atoms with E-state index in [4.69, 9.17) is 16.3 Å². The summed E-state index contributed by atoms with van der Waals surface area (Å²) >= 11 is 6.05. The highest BCUT2D eigenvalue weighted by molar-refractivity contribution is 6.33. The van der Waals surface area contributed by atoms with Gasteiger partial charge < -0.3 is 10.1 Å². The van der Waals surface area contributed by atoms with Crippen LogP contribution in [0.5, 0.6) is 0 Å². The molecule has 3 aliphatic rings. The summed E-state index contributed by atoms with van der Waals surface area (Å²) < 4.78 is 5.35. The lowest BCUT2D eigenvalue weighted by Crippen LogP contribution is -2.35. The number of hydrogen-bond acceptors (Lipinski definition) is 3. The number of ether oxygens (including phenoxy) is 1. The number of carbonyl (C=O) groups is 2. The SMILES string of the molecule is O=C(Nc1ccccc1Cl)[C@@H]1[C@@H]2C[C@@H]3[C@@H]1C(=O)O[C@H]3C2. The van der Waals surface area contributed by atoms with Gasteiger partial charge in [0.25, 0.3) is 0 Å². The Bertz CT molecular complexity index is 601. The fourth-order valence-corrected chi connectivity index (χ4v) is 4.32. The Labute approximate surface area is 121 Å². The molecular formula is C15H14ClNO3. The van der Waals surface area contributed by atoms with Gasteiger partial charge in [-0.3, -0.25) is 9.59 Å². The number of rotatable bonds is 2. The number of para-hydroxylation sites is 1. The summed E-state index contributed by atoms with van der Waals surface area (Å²) in [6.45, 7) is 0. The number of amides is 1. The normalized spacial score (nSPS) is 37.0. The number of fused-ring (bicyclic) bond motifs is 1. The number of benzene rings is 1. The molecule has 0 spiro atoms. The van der Waals surface area contributed by atoms with Gasteiger partial charge >= 0.3 is 5.97 Å². The minimum Gasteiger partial charge on any atom is -0.462 e. The van der Waals surface area contributed by atoms with E-state index in [1.54, 1.807) is 12.1 Å². The molecule has 2 aliphatic carbocycles. The van der Waals surface area contributed by atoms with Crippen LogP contribution in [0.2, 0.25) is 5.02 Å². The largest absolute Gasteiger partial charge is 0.462 e. The van der Waals surface area contributed by atoms with E-state index in [1.807, 2.05) is 12.1 Å². The predicted octanol–water partition coefficient (Wildman–Crippen LogP) is 2.48. The quantitative estimate of drug-likeness (QED) is 0.852. The van der Waals surface area contributed by atoms with Crippen LogP contribution in [0.3, 0.4) is 0 Å². The Morgan fingerprint density at radius 3 is 2.90 bits per heavy atom. The first-order chi connectivity index (χ1) is 9.65. The first-order valence-corrected chi connectivity index (χ1v) is 7.29. The van der Waals surface area contributed by atoms with Crippen LogP contribution in [0.4, 0.5) is 5.69 Å². The van der Waals surface area contributed by atoms with Crippen LogP contribution in [-0.4, -0.2) is 18.0 Å². The topological polar surface area (TPSA) is 55.4 Å². The van der Waals surface area contributed by atoms with Crippen LogP contribution in [0.15, 0.2) is 24.3 Å². The van der Waals surface area contributed by atoms with Gasteiger partial charge in [-0.2, -0.15) is 0 Å². The average Bonchev–Trinajstić information content (AvgIpc) is 3.02. The van der Waals surface area contributed by atoms with Crippen molar-refractivity contribution in [2.24, 2.45) is 23.7 Å². The van der Waals surface area contributed by atoms with E-state index >= 15 is 0 Å². The number of anilines is 1. The molecule has 4 nitrogen and oxygen atoms in total. The zero-order chi connectivity index (χ0) is 13.9. The van der Waals surface area contributed by atoms with Gasteiger partial charge in [-0.25, -0.2) is 0 Å². The number of carbonyl (C=O) groups excluding carboxylic acids is 2. The Morgan fingerprint density at radius 2 is 2.10 bits per heavy atom. The van der Waals surface area contributed by atoms with E-state index in [9.17, 15) is 9.59 Å². The summed E-state index contributed by atoms with van der Waals surface area (Å²) in [6.07, 6.45) is 1.82. The Kier molecular flexibility index (Phi) is 2.58. The molecule has 1 aromatic rings. The molecule has 1 aromatic carbocycles. The van der Waals surface area contributed by atoms with E-state index < -0.39 is 0 Å². The summed E-state index contributed by atoms with van der Waals surface area (Å²) in [4.78, 5) is 24.4. The number of hydrogen-bond donors (Lipinski definition) is 1. The van der Waals surface area contributed by atoms with Crippen molar-refractivity contribution in [1.29, 1.82) is 0 Å². The minimum absolute atomic E-state index is 0.0573. The van der Waals surface area contributed by atoms with Gasteiger partial charge in [0.05, 0.1) is 22.5 Å². The van der Waals surface area contributed by atoms with Gasteiger partial charge in [0.15, 0.2) is 0 Å². The summed E-state index contributed by atoms with van der Waals surface area (Å²) in [7, 11) is 0. The van der Waals surface area contributed by atoms with Crippen molar-refractivity contribution in [3.05, 3.63) is 29.3 Å². The zero-order valence-corrected chi connectivity index (χ0v) is 11.5.